The lowest BCUT2D eigenvalue weighted by Crippen LogP contribution is -2.55. The van der Waals surface area contributed by atoms with Crippen molar-refractivity contribution in [1.82, 2.24) is 0 Å². The first-order chi connectivity index (χ1) is 13.6. The average molecular weight is 401 g/mol. The number of rotatable bonds is 6. The van der Waals surface area contributed by atoms with Gasteiger partial charge in [-0.15, -0.1) is 0 Å². The van der Waals surface area contributed by atoms with E-state index in [9.17, 15) is 4.79 Å². The zero-order valence-electron chi connectivity index (χ0n) is 18.8. The molecule has 0 aromatic carbocycles. The second kappa shape index (κ2) is 8.23. The van der Waals surface area contributed by atoms with E-state index in [4.69, 9.17) is 14.2 Å². The maximum Gasteiger partial charge on any atom is 0.335 e. The van der Waals surface area contributed by atoms with Gasteiger partial charge in [-0.05, 0) is 77.4 Å². The predicted molar refractivity (Wildman–Crippen MR) is 115 cm³/mol. The van der Waals surface area contributed by atoms with E-state index in [-0.39, 0.29) is 22.9 Å². The molecule has 0 N–H and O–H groups in total. The topological polar surface area (TPSA) is 44.8 Å². The molecule has 2 fully saturated rings. The van der Waals surface area contributed by atoms with Crippen LogP contribution in [0.2, 0.25) is 0 Å². The van der Waals surface area contributed by atoms with E-state index in [1.54, 1.807) is 6.26 Å². The summed E-state index contributed by atoms with van der Waals surface area (Å²) in [6.45, 7) is 13.1. The molecular weight excluding hydrogens is 364 g/mol. The minimum absolute atomic E-state index is 0.0253. The maximum atomic E-state index is 12.0. The Labute approximate surface area is 175 Å². The first-order valence-corrected chi connectivity index (χ1v) is 10.8. The van der Waals surface area contributed by atoms with E-state index >= 15 is 0 Å². The molecule has 0 saturated carbocycles. The van der Waals surface area contributed by atoms with Crippen molar-refractivity contribution in [3.63, 3.8) is 0 Å². The van der Waals surface area contributed by atoms with Crippen molar-refractivity contribution in [2.75, 3.05) is 6.61 Å². The molecule has 4 nitrogen and oxygen atoms in total. The first kappa shape index (κ1) is 22.0. The molecule has 0 aromatic heterocycles. The molecule has 3 aliphatic rings. The predicted octanol–water partition coefficient (Wildman–Crippen LogP) is 6.00. The summed E-state index contributed by atoms with van der Waals surface area (Å²) in [7, 11) is 0. The summed E-state index contributed by atoms with van der Waals surface area (Å²) in [6.07, 6.45) is 14.7. The number of carbonyl (C=O) groups is 1. The summed E-state index contributed by atoms with van der Waals surface area (Å²) in [6, 6.07) is 0. The van der Waals surface area contributed by atoms with Crippen LogP contribution in [0.1, 0.15) is 73.6 Å². The minimum Gasteiger partial charge on any atom is -0.432 e. The van der Waals surface area contributed by atoms with Gasteiger partial charge in [-0.25, -0.2) is 4.79 Å². The van der Waals surface area contributed by atoms with Crippen LogP contribution in [0.25, 0.3) is 0 Å². The van der Waals surface area contributed by atoms with Crippen molar-refractivity contribution in [3.05, 3.63) is 47.3 Å². The summed E-state index contributed by atoms with van der Waals surface area (Å²) in [5.74, 6) is -0.716. The highest BCUT2D eigenvalue weighted by Crippen LogP contribution is 2.60. The standard InChI is InChI=1S/C25H36O4/c1-18(2)8-7-11-23(5)12-9-20-17-28-24(6)13-14-25(20,29-24)21(23)10-15-27-22(26)16-19(3)4/h8-10,15-16,21H,7,11-14,17H2,1-6H3/b15-10+/t21-,23+,24+,25-/m1/s1. The Balaban J connectivity index is 1.90. The Hall–Kier alpha value is -1.65. The number of ether oxygens (including phenoxy) is 3. The summed E-state index contributed by atoms with van der Waals surface area (Å²) in [5.41, 5.74) is 3.19. The first-order valence-electron chi connectivity index (χ1n) is 10.8. The molecule has 2 aliphatic heterocycles. The zero-order valence-corrected chi connectivity index (χ0v) is 18.8. The van der Waals surface area contributed by atoms with Crippen LogP contribution >= 0.6 is 0 Å². The molecule has 2 saturated heterocycles. The molecule has 29 heavy (non-hydrogen) atoms. The van der Waals surface area contributed by atoms with Crippen molar-refractivity contribution in [1.29, 1.82) is 0 Å². The molecule has 0 aromatic rings. The van der Waals surface area contributed by atoms with E-state index in [1.807, 2.05) is 20.8 Å². The summed E-state index contributed by atoms with van der Waals surface area (Å²) < 4.78 is 18.0. The quantitative estimate of drug-likeness (QED) is 0.237. The molecule has 160 valence electrons. The highest BCUT2D eigenvalue weighted by atomic mass is 16.7. The molecule has 2 heterocycles. The van der Waals surface area contributed by atoms with Crippen molar-refractivity contribution in [2.45, 2.75) is 85.0 Å². The lowest BCUT2D eigenvalue weighted by Gasteiger charge is -2.53. The minimum atomic E-state index is -0.514. The Morgan fingerprint density at radius 2 is 1.97 bits per heavy atom. The lowest BCUT2D eigenvalue weighted by molar-refractivity contribution is -0.273. The van der Waals surface area contributed by atoms with E-state index in [0.29, 0.717) is 6.61 Å². The number of esters is 1. The molecular formula is C25H36O4. The summed E-state index contributed by atoms with van der Waals surface area (Å²) in [5, 5.41) is 0. The van der Waals surface area contributed by atoms with E-state index in [0.717, 1.165) is 37.7 Å². The van der Waals surface area contributed by atoms with Gasteiger partial charge in [0.05, 0.1) is 12.9 Å². The van der Waals surface area contributed by atoms with Crippen molar-refractivity contribution >= 4 is 5.97 Å². The van der Waals surface area contributed by atoms with Gasteiger partial charge < -0.3 is 14.2 Å². The second-order valence-corrected chi connectivity index (χ2v) is 9.79. The Kier molecular flexibility index (Phi) is 6.26. The average Bonchev–Trinajstić information content (AvgIpc) is 2.88. The van der Waals surface area contributed by atoms with E-state index in [1.165, 1.54) is 17.2 Å². The Morgan fingerprint density at radius 3 is 2.66 bits per heavy atom. The molecule has 4 atom stereocenters. The molecule has 0 radical (unpaired) electrons. The molecule has 0 unspecified atom stereocenters. The van der Waals surface area contributed by atoms with Gasteiger partial charge >= 0.3 is 5.97 Å². The molecule has 0 amide bonds. The molecule has 1 spiro atoms. The fourth-order valence-electron chi connectivity index (χ4n) is 5.07. The molecule has 4 heteroatoms. The summed E-state index contributed by atoms with van der Waals surface area (Å²) >= 11 is 0. The number of allylic oxidation sites excluding steroid dienone is 4. The molecule has 2 bridgehead atoms. The smallest absolute Gasteiger partial charge is 0.335 e. The third-order valence-corrected chi connectivity index (χ3v) is 6.62. The van der Waals surface area contributed by atoms with Crippen LogP contribution in [0.5, 0.6) is 0 Å². The van der Waals surface area contributed by atoms with E-state index in [2.05, 4.69) is 39.0 Å². The number of hydrogen-bond donors (Lipinski definition) is 0. The number of fused-ring (bicyclic) bond motifs is 1. The highest BCUT2D eigenvalue weighted by molar-refractivity contribution is 5.83. The van der Waals surface area contributed by atoms with Gasteiger partial charge in [-0.3, -0.25) is 0 Å². The van der Waals surface area contributed by atoms with Crippen LogP contribution in [0.4, 0.5) is 0 Å². The largest absolute Gasteiger partial charge is 0.432 e. The van der Waals surface area contributed by atoms with Crippen LogP contribution in [-0.2, 0) is 19.0 Å². The Morgan fingerprint density at radius 1 is 1.21 bits per heavy atom. The van der Waals surface area contributed by atoms with Crippen molar-refractivity contribution in [3.8, 4) is 0 Å². The zero-order chi connectivity index (χ0) is 21.3. The maximum absolute atomic E-state index is 12.0. The van der Waals surface area contributed by atoms with Gasteiger partial charge in [-0.1, -0.05) is 30.2 Å². The van der Waals surface area contributed by atoms with Gasteiger partial charge in [0.1, 0.15) is 5.60 Å². The highest BCUT2D eigenvalue weighted by Gasteiger charge is 2.61. The van der Waals surface area contributed by atoms with Gasteiger partial charge in [0.25, 0.3) is 0 Å². The fraction of sp³-hybridized carbons (Fsp3) is 0.640. The third kappa shape index (κ3) is 4.59. The van der Waals surface area contributed by atoms with Gasteiger partial charge in [-0.2, -0.15) is 0 Å². The van der Waals surface area contributed by atoms with Gasteiger partial charge in [0.15, 0.2) is 5.79 Å². The van der Waals surface area contributed by atoms with Gasteiger partial charge in [0, 0.05) is 18.4 Å². The lowest BCUT2D eigenvalue weighted by atomic mass is 9.58. The van der Waals surface area contributed by atoms with Crippen LogP contribution in [0.15, 0.2) is 47.3 Å². The van der Waals surface area contributed by atoms with Crippen LogP contribution in [0, 0.1) is 11.3 Å². The number of hydrogen-bond acceptors (Lipinski definition) is 4. The van der Waals surface area contributed by atoms with E-state index < -0.39 is 5.79 Å². The third-order valence-electron chi connectivity index (χ3n) is 6.62. The molecule has 3 rings (SSSR count). The Bertz CT molecular complexity index is 766. The van der Waals surface area contributed by atoms with Crippen LogP contribution < -0.4 is 0 Å². The SMILES string of the molecule is CC(C)=CCC[C@@]1(C)CC=C2CO[C@]3(C)CC[C@]2(O3)[C@@H]1/C=C/OC(=O)C=C(C)C. The van der Waals surface area contributed by atoms with Crippen molar-refractivity contribution < 1.29 is 19.0 Å². The van der Waals surface area contributed by atoms with Crippen LogP contribution in [-0.4, -0.2) is 24.0 Å². The normalized spacial score (nSPS) is 35.7. The summed E-state index contributed by atoms with van der Waals surface area (Å²) in [4.78, 5) is 12.0. The van der Waals surface area contributed by atoms with Gasteiger partial charge in [0.2, 0.25) is 0 Å². The number of carbonyl (C=O) groups excluding carboxylic acids is 1. The van der Waals surface area contributed by atoms with Crippen LogP contribution in [0.3, 0.4) is 0 Å². The molecule has 1 aliphatic carbocycles. The fourth-order valence-corrected chi connectivity index (χ4v) is 5.07. The van der Waals surface area contributed by atoms with Crippen molar-refractivity contribution in [2.24, 2.45) is 11.3 Å². The second-order valence-electron chi connectivity index (χ2n) is 9.79. The monoisotopic (exact) mass is 400 g/mol.